The fourth-order valence-electron chi connectivity index (χ4n) is 1.17. The number of aromatic nitrogens is 1. The molecule has 1 rings (SSSR count). The summed E-state index contributed by atoms with van der Waals surface area (Å²) in [6.07, 6.45) is -1.93. The van der Waals surface area contributed by atoms with Gasteiger partial charge in [-0.15, -0.1) is 0 Å². The van der Waals surface area contributed by atoms with Crippen molar-refractivity contribution < 1.29 is 18.7 Å². The summed E-state index contributed by atoms with van der Waals surface area (Å²) in [4.78, 5) is 14.3. The first-order chi connectivity index (χ1) is 7.47. The average Bonchev–Trinajstić information content (AvgIpc) is 2.16. The number of alkyl halides is 3. The number of aliphatic carboxylic acids is 1. The second-order valence-electron chi connectivity index (χ2n) is 2.96. The van der Waals surface area contributed by atoms with Crippen LogP contribution >= 0.6 is 31.9 Å². The maximum Gasteiger partial charge on any atom is 0.309 e. The summed E-state index contributed by atoms with van der Waals surface area (Å²) >= 11 is 6.16. The van der Waals surface area contributed by atoms with E-state index in [4.69, 9.17) is 5.11 Å². The molecule has 1 aromatic rings. The van der Waals surface area contributed by atoms with E-state index >= 15 is 0 Å². The molecular formula is C9H7Br2F2NO2. The van der Waals surface area contributed by atoms with E-state index in [0.717, 1.165) is 6.20 Å². The molecule has 1 N–H and O–H groups in total. The van der Waals surface area contributed by atoms with Crippen LogP contribution in [0, 0.1) is 0 Å². The summed E-state index contributed by atoms with van der Waals surface area (Å²) < 4.78 is 25.3. The zero-order valence-corrected chi connectivity index (χ0v) is 11.1. The number of hydrogen-bond donors (Lipinski definition) is 1. The van der Waals surface area contributed by atoms with Crippen molar-refractivity contribution in [2.75, 3.05) is 0 Å². The van der Waals surface area contributed by atoms with Gasteiger partial charge in [0.25, 0.3) is 6.43 Å². The minimum Gasteiger partial charge on any atom is -0.481 e. The first-order valence-electron chi connectivity index (χ1n) is 4.19. The van der Waals surface area contributed by atoms with E-state index in [1.807, 2.05) is 0 Å². The molecule has 0 radical (unpaired) electrons. The number of carbonyl (C=O) groups is 1. The summed E-state index contributed by atoms with van der Waals surface area (Å²) in [5.74, 6) is -1.05. The highest BCUT2D eigenvalue weighted by molar-refractivity contribution is 9.10. The molecule has 7 heteroatoms. The predicted molar refractivity (Wildman–Crippen MR) is 60.9 cm³/mol. The third-order valence-electron chi connectivity index (χ3n) is 1.91. The SMILES string of the molecule is O=C(O)Cc1ncc(C(F)F)c(Br)c1CBr. The van der Waals surface area contributed by atoms with Crippen molar-refractivity contribution in [3.05, 3.63) is 27.5 Å². The number of nitrogens with zero attached hydrogens (tertiary/aromatic N) is 1. The Bertz CT molecular complexity index is 413. The zero-order valence-electron chi connectivity index (χ0n) is 7.88. The second kappa shape index (κ2) is 5.67. The second-order valence-corrected chi connectivity index (χ2v) is 4.31. The van der Waals surface area contributed by atoms with Gasteiger partial charge < -0.3 is 5.11 Å². The lowest BCUT2D eigenvalue weighted by Crippen LogP contribution is -2.07. The van der Waals surface area contributed by atoms with Gasteiger partial charge in [-0.3, -0.25) is 9.78 Å². The maximum atomic E-state index is 12.5. The zero-order chi connectivity index (χ0) is 12.3. The van der Waals surface area contributed by atoms with Crippen LogP contribution in [0.2, 0.25) is 0 Å². The smallest absolute Gasteiger partial charge is 0.309 e. The van der Waals surface area contributed by atoms with Crippen LogP contribution in [-0.4, -0.2) is 16.1 Å². The molecular weight excluding hydrogens is 352 g/mol. The van der Waals surface area contributed by atoms with Gasteiger partial charge in [-0.05, 0) is 21.5 Å². The summed E-state index contributed by atoms with van der Waals surface area (Å²) in [5, 5.41) is 8.91. The van der Waals surface area contributed by atoms with Gasteiger partial charge in [0.15, 0.2) is 0 Å². The molecule has 0 aromatic carbocycles. The van der Waals surface area contributed by atoms with Gasteiger partial charge in [-0.25, -0.2) is 8.78 Å². The Labute approximate surface area is 107 Å². The van der Waals surface area contributed by atoms with Crippen LogP contribution < -0.4 is 0 Å². The molecule has 0 aliphatic carbocycles. The molecule has 0 saturated carbocycles. The third kappa shape index (κ3) is 2.98. The molecule has 0 atom stereocenters. The van der Waals surface area contributed by atoms with Crippen molar-refractivity contribution in [1.29, 1.82) is 0 Å². The summed E-state index contributed by atoms with van der Waals surface area (Å²) in [7, 11) is 0. The van der Waals surface area contributed by atoms with Crippen molar-refractivity contribution in [1.82, 2.24) is 4.98 Å². The summed E-state index contributed by atoms with van der Waals surface area (Å²) in [6.45, 7) is 0. The first-order valence-corrected chi connectivity index (χ1v) is 6.10. The fraction of sp³-hybridized carbons (Fsp3) is 0.333. The number of halogens is 4. The molecule has 0 bridgehead atoms. The number of rotatable bonds is 4. The highest BCUT2D eigenvalue weighted by Gasteiger charge is 2.19. The van der Waals surface area contributed by atoms with E-state index in [9.17, 15) is 13.6 Å². The van der Waals surface area contributed by atoms with Crippen molar-refractivity contribution in [3.8, 4) is 0 Å². The lowest BCUT2D eigenvalue weighted by molar-refractivity contribution is -0.136. The van der Waals surface area contributed by atoms with E-state index in [0.29, 0.717) is 5.56 Å². The van der Waals surface area contributed by atoms with E-state index in [1.54, 1.807) is 0 Å². The Balaban J connectivity index is 3.23. The van der Waals surface area contributed by atoms with Crippen LogP contribution in [0.1, 0.15) is 23.2 Å². The van der Waals surface area contributed by atoms with Crippen LogP contribution in [-0.2, 0) is 16.5 Å². The fourth-order valence-corrected chi connectivity index (χ4v) is 2.79. The standard InChI is InChI=1S/C9H7Br2F2NO2/c10-2-4-6(1-7(15)16)14-3-5(8(4)11)9(12)13/h3,9H,1-2H2,(H,15,16). The maximum absolute atomic E-state index is 12.5. The Morgan fingerprint density at radius 1 is 1.56 bits per heavy atom. The highest BCUT2D eigenvalue weighted by atomic mass is 79.9. The van der Waals surface area contributed by atoms with Gasteiger partial charge >= 0.3 is 5.97 Å². The molecule has 0 aliphatic rings. The molecule has 0 spiro atoms. The highest BCUT2D eigenvalue weighted by Crippen LogP contribution is 2.32. The summed E-state index contributed by atoms with van der Waals surface area (Å²) in [5.41, 5.74) is 0.490. The molecule has 1 aromatic heterocycles. The lowest BCUT2D eigenvalue weighted by Gasteiger charge is -2.10. The van der Waals surface area contributed by atoms with Gasteiger partial charge in [0, 0.05) is 16.0 Å². The molecule has 0 amide bonds. The average molecular weight is 359 g/mol. The minimum absolute atomic E-state index is 0.214. The minimum atomic E-state index is -2.64. The van der Waals surface area contributed by atoms with E-state index in [1.165, 1.54) is 0 Å². The van der Waals surface area contributed by atoms with Crippen LogP contribution in [0.5, 0.6) is 0 Å². The van der Waals surface area contributed by atoms with Crippen molar-refractivity contribution in [2.45, 2.75) is 18.2 Å². The van der Waals surface area contributed by atoms with E-state index in [-0.39, 0.29) is 27.5 Å². The Morgan fingerprint density at radius 2 is 2.19 bits per heavy atom. The Morgan fingerprint density at radius 3 is 2.62 bits per heavy atom. The predicted octanol–water partition coefficient (Wildman–Crippen LogP) is 3.30. The molecule has 16 heavy (non-hydrogen) atoms. The lowest BCUT2D eigenvalue weighted by atomic mass is 10.1. The number of carboxylic acids is 1. The van der Waals surface area contributed by atoms with E-state index in [2.05, 4.69) is 36.8 Å². The van der Waals surface area contributed by atoms with Crippen molar-refractivity contribution in [3.63, 3.8) is 0 Å². The molecule has 1 heterocycles. The quantitative estimate of drug-likeness (QED) is 0.840. The molecule has 88 valence electrons. The normalized spacial score (nSPS) is 10.8. The van der Waals surface area contributed by atoms with Crippen molar-refractivity contribution >= 4 is 37.8 Å². The Hall–Kier alpha value is -0.560. The van der Waals surface area contributed by atoms with Crippen molar-refractivity contribution in [2.24, 2.45) is 0 Å². The van der Waals surface area contributed by atoms with Crippen LogP contribution in [0.4, 0.5) is 8.78 Å². The van der Waals surface area contributed by atoms with Crippen LogP contribution in [0.15, 0.2) is 10.7 Å². The van der Waals surface area contributed by atoms with Gasteiger partial charge in [0.2, 0.25) is 0 Å². The van der Waals surface area contributed by atoms with Gasteiger partial charge in [-0.1, -0.05) is 15.9 Å². The van der Waals surface area contributed by atoms with Gasteiger partial charge in [-0.2, -0.15) is 0 Å². The number of carboxylic acid groups (broad SMARTS) is 1. The molecule has 0 unspecified atom stereocenters. The monoisotopic (exact) mass is 357 g/mol. The van der Waals surface area contributed by atoms with Gasteiger partial charge in [0.05, 0.1) is 17.7 Å². The number of pyridine rings is 1. The molecule has 0 saturated heterocycles. The van der Waals surface area contributed by atoms with Crippen LogP contribution in [0.25, 0.3) is 0 Å². The molecule has 0 fully saturated rings. The molecule has 0 aliphatic heterocycles. The van der Waals surface area contributed by atoms with E-state index < -0.39 is 12.4 Å². The summed E-state index contributed by atoms with van der Waals surface area (Å²) in [6, 6.07) is 0. The largest absolute Gasteiger partial charge is 0.481 e. The van der Waals surface area contributed by atoms with Gasteiger partial charge in [0.1, 0.15) is 0 Å². The van der Waals surface area contributed by atoms with Crippen LogP contribution in [0.3, 0.4) is 0 Å². The third-order valence-corrected chi connectivity index (χ3v) is 3.41. The first kappa shape index (κ1) is 13.5. The number of hydrogen-bond acceptors (Lipinski definition) is 2. The molecule has 3 nitrogen and oxygen atoms in total. The topological polar surface area (TPSA) is 50.2 Å². The Kier molecular flexibility index (Phi) is 4.79.